The topological polar surface area (TPSA) is 32.7 Å². The molecule has 1 unspecified atom stereocenters. The van der Waals surface area contributed by atoms with E-state index in [1.54, 1.807) is 0 Å². The van der Waals surface area contributed by atoms with E-state index in [2.05, 4.69) is 35.2 Å². The summed E-state index contributed by atoms with van der Waals surface area (Å²) in [6.07, 6.45) is 2.82. The van der Waals surface area contributed by atoms with Gasteiger partial charge in [-0.3, -0.25) is 4.90 Å². The fourth-order valence-electron chi connectivity index (χ4n) is 2.85. The standard InChI is InChI=1S/C20H23NO2/c22-19(16-23-20-9-5-2-6-10-20)15-21-13-11-18(12-14-21)17-7-3-1-4-8-17/h1-11,19,22H,12-16H2. The van der Waals surface area contributed by atoms with Gasteiger partial charge in [0.15, 0.2) is 0 Å². The molecule has 1 aliphatic heterocycles. The zero-order valence-electron chi connectivity index (χ0n) is 13.3. The third-order valence-electron chi connectivity index (χ3n) is 4.09. The SMILES string of the molecule is OC(COc1ccccc1)CN1CC=C(c2ccccc2)CC1. The first kappa shape index (κ1) is 15.8. The Morgan fingerprint density at radius 1 is 1.00 bits per heavy atom. The average Bonchev–Trinajstić information content (AvgIpc) is 2.62. The van der Waals surface area contributed by atoms with Crippen LogP contribution in [0.1, 0.15) is 12.0 Å². The maximum absolute atomic E-state index is 10.2. The van der Waals surface area contributed by atoms with Crippen molar-refractivity contribution >= 4 is 5.57 Å². The van der Waals surface area contributed by atoms with Crippen LogP contribution in [-0.4, -0.2) is 42.4 Å². The summed E-state index contributed by atoms with van der Waals surface area (Å²) in [5.41, 5.74) is 2.71. The van der Waals surface area contributed by atoms with Gasteiger partial charge in [-0.1, -0.05) is 54.6 Å². The molecule has 0 radical (unpaired) electrons. The number of nitrogens with zero attached hydrogens (tertiary/aromatic N) is 1. The molecule has 3 nitrogen and oxygen atoms in total. The first-order chi connectivity index (χ1) is 11.3. The predicted molar refractivity (Wildman–Crippen MR) is 93.4 cm³/mol. The molecule has 1 aliphatic rings. The van der Waals surface area contributed by atoms with Crippen LogP contribution in [0.5, 0.6) is 5.75 Å². The fourth-order valence-corrected chi connectivity index (χ4v) is 2.85. The van der Waals surface area contributed by atoms with E-state index >= 15 is 0 Å². The minimum absolute atomic E-state index is 0.329. The van der Waals surface area contributed by atoms with Crippen LogP contribution in [0, 0.1) is 0 Å². The summed E-state index contributed by atoms with van der Waals surface area (Å²) in [7, 11) is 0. The van der Waals surface area contributed by atoms with Gasteiger partial charge in [0.2, 0.25) is 0 Å². The largest absolute Gasteiger partial charge is 0.491 e. The van der Waals surface area contributed by atoms with Gasteiger partial charge in [-0.2, -0.15) is 0 Å². The lowest BCUT2D eigenvalue weighted by molar-refractivity contribution is 0.0717. The predicted octanol–water partition coefficient (Wildman–Crippen LogP) is 3.22. The Balaban J connectivity index is 1.46. The second-order valence-corrected chi connectivity index (χ2v) is 5.88. The Morgan fingerprint density at radius 3 is 2.35 bits per heavy atom. The quantitative estimate of drug-likeness (QED) is 0.889. The molecule has 0 saturated carbocycles. The van der Waals surface area contributed by atoms with E-state index < -0.39 is 6.10 Å². The second-order valence-electron chi connectivity index (χ2n) is 5.88. The van der Waals surface area contributed by atoms with Gasteiger partial charge in [0.25, 0.3) is 0 Å². The zero-order chi connectivity index (χ0) is 15.9. The Labute approximate surface area is 137 Å². The van der Waals surface area contributed by atoms with Crippen molar-refractivity contribution in [2.24, 2.45) is 0 Å². The minimum atomic E-state index is -0.470. The highest BCUT2D eigenvalue weighted by atomic mass is 16.5. The van der Waals surface area contributed by atoms with Crippen LogP contribution < -0.4 is 4.74 Å². The van der Waals surface area contributed by atoms with Gasteiger partial charge in [0.1, 0.15) is 18.5 Å². The number of aliphatic hydroxyl groups is 1. The lowest BCUT2D eigenvalue weighted by atomic mass is 9.99. The summed E-state index contributed by atoms with van der Waals surface area (Å²) in [5, 5.41) is 10.2. The smallest absolute Gasteiger partial charge is 0.119 e. The Hall–Kier alpha value is -2.10. The van der Waals surface area contributed by atoms with Crippen LogP contribution >= 0.6 is 0 Å². The fraction of sp³-hybridized carbons (Fsp3) is 0.300. The van der Waals surface area contributed by atoms with Crippen LogP contribution in [0.25, 0.3) is 5.57 Å². The number of aliphatic hydroxyl groups excluding tert-OH is 1. The third-order valence-corrected chi connectivity index (χ3v) is 4.09. The molecule has 3 rings (SSSR count). The van der Waals surface area contributed by atoms with Crippen molar-refractivity contribution < 1.29 is 9.84 Å². The van der Waals surface area contributed by atoms with Gasteiger partial charge in [-0.15, -0.1) is 0 Å². The molecule has 2 aromatic rings. The third kappa shape index (κ3) is 4.68. The van der Waals surface area contributed by atoms with E-state index in [0.29, 0.717) is 13.2 Å². The number of para-hydroxylation sites is 1. The van der Waals surface area contributed by atoms with E-state index in [9.17, 15) is 5.11 Å². The first-order valence-electron chi connectivity index (χ1n) is 8.14. The number of hydrogen-bond acceptors (Lipinski definition) is 3. The minimum Gasteiger partial charge on any atom is -0.491 e. The molecule has 120 valence electrons. The van der Waals surface area contributed by atoms with Crippen LogP contribution in [0.2, 0.25) is 0 Å². The van der Waals surface area contributed by atoms with E-state index in [1.807, 2.05) is 36.4 Å². The van der Waals surface area contributed by atoms with Crippen molar-refractivity contribution in [1.29, 1.82) is 0 Å². The molecule has 23 heavy (non-hydrogen) atoms. The van der Waals surface area contributed by atoms with Crippen LogP contribution in [0.3, 0.4) is 0 Å². The van der Waals surface area contributed by atoms with Crippen molar-refractivity contribution in [2.75, 3.05) is 26.2 Å². The summed E-state index contributed by atoms with van der Waals surface area (Å²) < 4.78 is 5.61. The molecule has 1 atom stereocenters. The van der Waals surface area contributed by atoms with Gasteiger partial charge in [0, 0.05) is 19.6 Å². The lowest BCUT2D eigenvalue weighted by Crippen LogP contribution is -2.38. The Kier molecular flexibility index (Phi) is 5.46. The molecule has 0 fully saturated rings. The van der Waals surface area contributed by atoms with E-state index in [0.717, 1.165) is 25.3 Å². The monoisotopic (exact) mass is 309 g/mol. The van der Waals surface area contributed by atoms with Crippen molar-refractivity contribution in [1.82, 2.24) is 4.90 Å². The van der Waals surface area contributed by atoms with Gasteiger partial charge in [-0.25, -0.2) is 0 Å². The van der Waals surface area contributed by atoms with Crippen molar-refractivity contribution in [3.05, 3.63) is 72.3 Å². The van der Waals surface area contributed by atoms with Gasteiger partial charge < -0.3 is 9.84 Å². The van der Waals surface area contributed by atoms with Crippen LogP contribution in [0.4, 0.5) is 0 Å². The molecule has 0 aliphatic carbocycles. The normalized spacial score (nSPS) is 16.7. The molecule has 0 amide bonds. The van der Waals surface area contributed by atoms with Crippen LogP contribution in [0.15, 0.2) is 66.7 Å². The molecule has 1 N–H and O–H groups in total. The highest BCUT2D eigenvalue weighted by Gasteiger charge is 2.16. The average molecular weight is 309 g/mol. The maximum atomic E-state index is 10.2. The highest BCUT2D eigenvalue weighted by molar-refractivity contribution is 5.66. The molecule has 3 heteroatoms. The number of β-amino-alcohol motifs (C(OH)–C–C–N with tert-alkyl or cyclic N) is 1. The number of benzene rings is 2. The molecule has 0 saturated heterocycles. The molecule has 0 bridgehead atoms. The number of hydrogen-bond donors (Lipinski definition) is 1. The van der Waals surface area contributed by atoms with Gasteiger partial charge >= 0.3 is 0 Å². The van der Waals surface area contributed by atoms with E-state index in [-0.39, 0.29) is 0 Å². The zero-order valence-corrected chi connectivity index (χ0v) is 13.3. The highest BCUT2D eigenvalue weighted by Crippen LogP contribution is 2.22. The van der Waals surface area contributed by atoms with Crippen molar-refractivity contribution in [3.8, 4) is 5.75 Å². The molecular weight excluding hydrogens is 286 g/mol. The molecule has 0 aromatic heterocycles. The van der Waals surface area contributed by atoms with Crippen molar-refractivity contribution in [3.63, 3.8) is 0 Å². The molecule has 1 heterocycles. The summed E-state index contributed by atoms with van der Waals surface area (Å²) in [6, 6.07) is 20.1. The number of ether oxygens (including phenoxy) is 1. The van der Waals surface area contributed by atoms with Crippen LogP contribution in [-0.2, 0) is 0 Å². The molecular formula is C20H23NO2. The second kappa shape index (κ2) is 7.95. The molecule has 2 aromatic carbocycles. The summed E-state index contributed by atoms with van der Waals surface area (Å²) >= 11 is 0. The Bertz CT molecular complexity index is 625. The number of rotatable bonds is 6. The Morgan fingerprint density at radius 2 is 1.70 bits per heavy atom. The summed E-state index contributed by atoms with van der Waals surface area (Å²) in [5.74, 6) is 0.802. The van der Waals surface area contributed by atoms with Crippen molar-refractivity contribution in [2.45, 2.75) is 12.5 Å². The molecule has 0 spiro atoms. The lowest BCUT2D eigenvalue weighted by Gasteiger charge is -2.28. The van der Waals surface area contributed by atoms with E-state index in [4.69, 9.17) is 4.74 Å². The summed E-state index contributed by atoms with van der Waals surface area (Å²) in [6.45, 7) is 2.83. The summed E-state index contributed by atoms with van der Waals surface area (Å²) in [4.78, 5) is 2.27. The van der Waals surface area contributed by atoms with Gasteiger partial charge in [-0.05, 0) is 29.7 Å². The van der Waals surface area contributed by atoms with E-state index in [1.165, 1.54) is 11.1 Å². The maximum Gasteiger partial charge on any atom is 0.119 e. The van der Waals surface area contributed by atoms with Gasteiger partial charge in [0.05, 0.1) is 0 Å². The first-order valence-corrected chi connectivity index (χ1v) is 8.14.